The highest BCUT2D eigenvalue weighted by molar-refractivity contribution is 5.30. The van der Waals surface area contributed by atoms with Crippen LogP contribution < -0.4 is 4.74 Å². The molecule has 1 aliphatic heterocycles. The Balaban J connectivity index is 1.91. The van der Waals surface area contributed by atoms with E-state index in [0.29, 0.717) is 12.0 Å². The van der Waals surface area contributed by atoms with Gasteiger partial charge in [-0.3, -0.25) is 0 Å². The zero-order valence-electron chi connectivity index (χ0n) is 10.7. The van der Waals surface area contributed by atoms with Gasteiger partial charge in [-0.1, -0.05) is 6.07 Å². The first-order valence-electron chi connectivity index (χ1n) is 6.44. The Hall–Kier alpha value is -1.13. The number of halogens is 1. The molecule has 1 saturated heterocycles. The number of hydrogen-bond acceptors (Lipinski definition) is 3. The lowest BCUT2D eigenvalue weighted by Crippen LogP contribution is -2.22. The molecule has 1 aromatic carbocycles. The highest BCUT2D eigenvalue weighted by Gasteiger charge is 2.15. The van der Waals surface area contributed by atoms with Crippen molar-refractivity contribution in [1.82, 2.24) is 4.90 Å². The normalized spacial score (nSPS) is 17.9. The molecular formula is C14H20FNO2. The Bertz CT molecular complexity index is 391. The molecule has 0 aromatic heterocycles. The summed E-state index contributed by atoms with van der Waals surface area (Å²) in [5.41, 5.74) is 0.618. The Morgan fingerprint density at radius 2 is 2.11 bits per heavy atom. The van der Waals surface area contributed by atoms with Gasteiger partial charge in [0.05, 0.1) is 13.2 Å². The largest absolute Gasteiger partial charge is 0.494 e. The number of aliphatic hydroxyl groups excluding tert-OH is 1. The zero-order valence-corrected chi connectivity index (χ0v) is 10.7. The van der Waals surface area contributed by atoms with E-state index in [1.165, 1.54) is 26.0 Å². The highest BCUT2D eigenvalue weighted by atomic mass is 19.1. The fraction of sp³-hybridized carbons (Fsp3) is 0.571. The molecule has 0 aliphatic carbocycles. The third kappa shape index (κ3) is 3.21. The van der Waals surface area contributed by atoms with E-state index >= 15 is 0 Å². The number of rotatable bonds is 5. The molecule has 2 rings (SSSR count). The van der Waals surface area contributed by atoms with Crippen LogP contribution in [0.4, 0.5) is 4.39 Å². The first-order chi connectivity index (χ1) is 8.70. The van der Waals surface area contributed by atoms with Gasteiger partial charge in [-0.05, 0) is 50.0 Å². The lowest BCUT2D eigenvalue weighted by atomic mass is 10.1. The molecule has 1 aliphatic rings. The van der Waals surface area contributed by atoms with E-state index in [4.69, 9.17) is 4.74 Å². The number of hydrogen-bond donors (Lipinski definition) is 1. The van der Waals surface area contributed by atoms with Gasteiger partial charge in [0.1, 0.15) is 0 Å². The molecule has 1 N–H and O–H groups in total. The van der Waals surface area contributed by atoms with Crippen molar-refractivity contribution in [3.63, 3.8) is 0 Å². The van der Waals surface area contributed by atoms with E-state index in [1.807, 2.05) is 0 Å². The summed E-state index contributed by atoms with van der Waals surface area (Å²) in [7, 11) is 1.43. The Kier molecular flexibility index (Phi) is 4.55. The predicted octanol–water partition coefficient (Wildman–Crippen LogP) is 2.35. The molecule has 1 aromatic rings. The van der Waals surface area contributed by atoms with E-state index in [-0.39, 0.29) is 5.75 Å². The van der Waals surface area contributed by atoms with Crippen molar-refractivity contribution < 1.29 is 14.2 Å². The zero-order chi connectivity index (χ0) is 13.0. The molecule has 4 heteroatoms. The fourth-order valence-electron chi connectivity index (χ4n) is 2.37. The van der Waals surface area contributed by atoms with Crippen molar-refractivity contribution in [3.05, 3.63) is 29.6 Å². The van der Waals surface area contributed by atoms with Crippen LogP contribution in [0.2, 0.25) is 0 Å². The molecule has 0 radical (unpaired) electrons. The van der Waals surface area contributed by atoms with Gasteiger partial charge in [0.15, 0.2) is 11.6 Å². The van der Waals surface area contributed by atoms with E-state index in [2.05, 4.69) is 4.90 Å². The highest BCUT2D eigenvalue weighted by Crippen LogP contribution is 2.24. The Morgan fingerprint density at radius 1 is 1.39 bits per heavy atom. The third-order valence-electron chi connectivity index (χ3n) is 3.48. The van der Waals surface area contributed by atoms with Crippen molar-refractivity contribution in [2.75, 3.05) is 26.7 Å². The number of aliphatic hydroxyl groups is 1. The lowest BCUT2D eigenvalue weighted by Gasteiger charge is -2.18. The molecule has 0 amide bonds. The van der Waals surface area contributed by atoms with Gasteiger partial charge in [0.25, 0.3) is 0 Å². The second-order valence-electron chi connectivity index (χ2n) is 4.75. The van der Waals surface area contributed by atoms with Crippen LogP contribution >= 0.6 is 0 Å². The molecule has 0 unspecified atom stereocenters. The van der Waals surface area contributed by atoms with Gasteiger partial charge >= 0.3 is 0 Å². The minimum Gasteiger partial charge on any atom is -0.494 e. The van der Waals surface area contributed by atoms with Crippen LogP contribution in [0, 0.1) is 5.82 Å². The van der Waals surface area contributed by atoms with Crippen molar-refractivity contribution in [1.29, 1.82) is 0 Å². The predicted molar refractivity (Wildman–Crippen MR) is 68.2 cm³/mol. The number of methoxy groups -OCH3 is 1. The van der Waals surface area contributed by atoms with Gasteiger partial charge in [-0.15, -0.1) is 0 Å². The molecule has 0 bridgehead atoms. The van der Waals surface area contributed by atoms with Crippen LogP contribution in [0.5, 0.6) is 5.75 Å². The molecule has 0 saturated carbocycles. The third-order valence-corrected chi connectivity index (χ3v) is 3.48. The van der Waals surface area contributed by atoms with Crippen LogP contribution in [0.3, 0.4) is 0 Å². The van der Waals surface area contributed by atoms with E-state index in [1.54, 1.807) is 12.1 Å². The van der Waals surface area contributed by atoms with E-state index in [9.17, 15) is 9.50 Å². The summed E-state index contributed by atoms with van der Waals surface area (Å²) in [5.74, 6) is -0.208. The second kappa shape index (κ2) is 6.16. The van der Waals surface area contributed by atoms with Gasteiger partial charge in [0, 0.05) is 6.54 Å². The summed E-state index contributed by atoms with van der Waals surface area (Å²) in [6.07, 6.45) is 2.53. The van der Waals surface area contributed by atoms with E-state index < -0.39 is 11.9 Å². The number of likely N-dealkylation sites (tertiary alicyclic amines) is 1. The average molecular weight is 253 g/mol. The Labute approximate surface area is 107 Å². The van der Waals surface area contributed by atoms with Crippen LogP contribution in [0.15, 0.2) is 18.2 Å². The maximum Gasteiger partial charge on any atom is 0.165 e. The van der Waals surface area contributed by atoms with Crippen molar-refractivity contribution in [2.45, 2.75) is 25.4 Å². The van der Waals surface area contributed by atoms with Crippen molar-refractivity contribution in [3.8, 4) is 5.75 Å². The van der Waals surface area contributed by atoms with Gasteiger partial charge in [-0.2, -0.15) is 0 Å². The summed E-state index contributed by atoms with van der Waals surface area (Å²) < 4.78 is 18.4. The number of ether oxygens (including phenoxy) is 1. The van der Waals surface area contributed by atoms with Crippen LogP contribution in [-0.4, -0.2) is 36.8 Å². The molecule has 3 nitrogen and oxygen atoms in total. The molecule has 100 valence electrons. The van der Waals surface area contributed by atoms with Gasteiger partial charge < -0.3 is 14.7 Å². The molecule has 18 heavy (non-hydrogen) atoms. The quantitative estimate of drug-likeness (QED) is 0.874. The number of nitrogens with zero attached hydrogens (tertiary/aromatic N) is 1. The summed E-state index contributed by atoms with van der Waals surface area (Å²) >= 11 is 0. The van der Waals surface area contributed by atoms with Crippen molar-refractivity contribution >= 4 is 0 Å². The average Bonchev–Trinajstić information content (AvgIpc) is 2.89. The topological polar surface area (TPSA) is 32.7 Å². The van der Waals surface area contributed by atoms with E-state index in [0.717, 1.165) is 19.6 Å². The standard InChI is InChI=1S/C14H20FNO2/c1-18-14-5-4-11(10-12(14)15)13(17)6-9-16-7-2-3-8-16/h4-5,10,13,17H,2-3,6-9H2,1H3/t13-/m1/s1. The van der Waals surface area contributed by atoms with Crippen molar-refractivity contribution in [2.24, 2.45) is 0 Å². The molecular weight excluding hydrogens is 233 g/mol. The molecule has 1 atom stereocenters. The second-order valence-corrected chi connectivity index (χ2v) is 4.75. The first-order valence-corrected chi connectivity index (χ1v) is 6.44. The minimum absolute atomic E-state index is 0.213. The van der Waals surface area contributed by atoms with Crippen LogP contribution in [0.1, 0.15) is 30.9 Å². The smallest absolute Gasteiger partial charge is 0.165 e. The Morgan fingerprint density at radius 3 is 2.72 bits per heavy atom. The molecule has 0 spiro atoms. The summed E-state index contributed by atoms with van der Waals surface area (Å²) in [5, 5.41) is 10.0. The SMILES string of the molecule is COc1ccc([C@H](O)CCN2CCCC2)cc1F. The maximum absolute atomic E-state index is 13.5. The minimum atomic E-state index is -0.606. The fourth-order valence-corrected chi connectivity index (χ4v) is 2.37. The van der Waals surface area contributed by atoms with Gasteiger partial charge in [-0.25, -0.2) is 4.39 Å². The maximum atomic E-state index is 13.5. The summed E-state index contributed by atoms with van der Waals surface area (Å²) in [6.45, 7) is 3.10. The number of benzene rings is 1. The van der Waals surface area contributed by atoms with Gasteiger partial charge in [0.2, 0.25) is 0 Å². The van der Waals surface area contributed by atoms with Crippen LogP contribution in [-0.2, 0) is 0 Å². The summed E-state index contributed by atoms with van der Waals surface area (Å²) in [4.78, 5) is 2.34. The van der Waals surface area contributed by atoms with Crippen LogP contribution in [0.25, 0.3) is 0 Å². The molecule has 1 fully saturated rings. The lowest BCUT2D eigenvalue weighted by molar-refractivity contribution is 0.148. The monoisotopic (exact) mass is 253 g/mol. The summed E-state index contributed by atoms with van der Waals surface area (Å²) in [6, 6.07) is 4.63. The first kappa shape index (κ1) is 13.3. The molecule has 1 heterocycles.